The smallest absolute Gasteiger partial charge is 0.322 e. The Balaban J connectivity index is 2.88. The second-order valence-corrected chi connectivity index (χ2v) is 3.29. The Morgan fingerprint density at radius 2 is 2.38 bits per heavy atom. The van der Waals surface area contributed by atoms with Crippen LogP contribution in [0.2, 0.25) is 0 Å². The first-order chi connectivity index (χ1) is 7.58. The molecule has 0 saturated heterocycles. The van der Waals surface area contributed by atoms with E-state index in [1.807, 2.05) is 6.07 Å². The quantitative estimate of drug-likeness (QED) is 0.714. The molecule has 0 amide bonds. The maximum atomic E-state index is 11.1. The molecule has 0 aromatic heterocycles. The third kappa shape index (κ3) is 2.72. The molecule has 5 nitrogen and oxygen atoms in total. The second-order valence-electron chi connectivity index (χ2n) is 3.29. The highest BCUT2D eigenvalue weighted by atomic mass is 16.5. The van der Waals surface area contributed by atoms with E-state index in [4.69, 9.17) is 11.0 Å². The summed E-state index contributed by atoms with van der Waals surface area (Å²) >= 11 is 0. The number of hydrogen-bond acceptors (Lipinski definition) is 5. The number of rotatable bonds is 3. The van der Waals surface area contributed by atoms with Gasteiger partial charge in [-0.1, -0.05) is 0 Å². The number of ether oxygens (including phenoxy) is 1. The van der Waals surface area contributed by atoms with Gasteiger partial charge in [0.15, 0.2) is 0 Å². The zero-order chi connectivity index (χ0) is 12.1. The zero-order valence-corrected chi connectivity index (χ0v) is 8.80. The number of esters is 1. The van der Waals surface area contributed by atoms with Crippen LogP contribution >= 0.6 is 0 Å². The van der Waals surface area contributed by atoms with Crippen LogP contribution in [0.1, 0.15) is 11.1 Å². The normalized spacial score (nSPS) is 11.6. The summed E-state index contributed by atoms with van der Waals surface area (Å²) in [6.45, 7) is 0. The molecule has 0 unspecified atom stereocenters. The van der Waals surface area contributed by atoms with Gasteiger partial charge < -0.3 is 15.6 Å². The number of phenolic OH excluding ortho intramolecular Hbond substituents is 1. The van der Waals surface area contributed by atoms with Crippen molar-refractivity contribution in [3.63, 3.8) is 0 Å². The van der Waals surface area contributed by atoms with Gasteiger partial charge in [-0.3, -0.25) is 4.79 Å². The SMILES string of the molecule is COC(=O)[C@H](N)Cc1cc(C#N)ccc1O. The fourth-order valence-electron chi connectivity index (χ4n) is 1.29. The summed E-state index contributed by atoms with van der Waals surface area (Å²) in [4.78, 5) is 11.1. The van der Waals surface area contributed by atoms with Gasteiger partial charge in [-0.05, 0) is 23.8 Å². The molecule has 16 heavy (non-hydrogen) atoms. The fourth-order valence-corrected chi connectivity index (χ4v) is 1.29. The van der Waals surface area contributed by atoms with Crippen LogP contribution in [0.25, 0.3) is 0 Å². The van der Waals surface area contributed by atoms with E-state index in [-0.39, 0.29) is 12.2 Å². The summed E-state index contributed by atoms with van der Waals surface area (Å²) in [6, 6.07) is 5.49. The number of hydrogen-bond donors (Lipinski definition) is 2. The van der Waals surface area contributed by atoms with Crippen molar-refractivity contribution in [2.75, 3.05) is 7.11 Å². The maximum Gasteiger partial charge on any atom is 0.322 e. The molecular formula is C11H12N2O3. The van der Waals surface area contributed by atoms with Crippen LogP contribution in [0.4, 0.5) is 0 Å². The summed E-state index contributed by atoms with van der Waals surface area (Å²) in [7, 11) is 1.24. The van der Waals surface area contributed by atoms with Gasteiger partial charge in [0.1, 0.15) is 11.8 Å². The van der Waals surface area contributed by atoms with Gasteiger partial charge in [-0.2, -0.15) is 5.26 Å². The Labute approximate surface area is 93.1 Å². The lowest BCUT2D eigenvalue weighted by molar-refractivity contribution is -0.142. The number of benzene rings is 1. The molecule has 0 heterocycles. The minimum atomic E-state index is -0.843. The number of aromatic hydroxyl groups is 1. The van der Waals surface area contributed by atoms with Gasteiger partial charge in [0.05, 0.1) is 18.7 Å². The summed E-state index contributed by atoms with van der Waals surface area (Å²) in [5.74, 6) is -0.542. The van der Waals surface area contributed by atoms with Crippen molar-refractivity contribution in [1.82, 2.24) is 0 Å². The van der Waals surface area contributed by atoms with Gasteiger partial charge in [0, 0.05) is 6.42 Å². The van der Waals surface area contributed by atoms with Crippen LogP contribution in [0, 0.1) is 11.3 Å². The molecule has 0 spiro atoms. The Kier molecular flexibility index (Phi) is 3.86. The van der Waals surface area contributed by atoms with E-state index >= 15 is 0 Å². The Morgan fingerprint density at radius 3 is 2.94 bits per heavy atom. The Morgan fingerprint density at radius 1 is 1.69 bits per heavy atom. The molecule has 3 N–H and O–H groups in total. The van der Waals surface area contributed by atoms with Crippen LogP contribution in [-0.2, 0) is 16.0 Å². The van der Waals surface area contributed by atoms with Crippen molar-refractivity contribution in [3.05, 3.63) is 29.3 Å². The average Bonchev–Trinajstić information content (AvgIpc) is 2.30. The van der Waals surface area contributed by atoms with Gasteiger partial charge in [-0.25, -0.2) is 0 Å². The molecule has 0 bridgehead atoms. The van der Waals surface area contributed by atoms with Crippen molar-refractivity contribution in [1.29, 1.82) is 5.26 Å². The molecule has 0 aliphatic heterocycles. The largest absolute Gasteiger partial charge is 0.508 e. The number of phenols is 1. The molecule has 1 atom stereocenters. The van der Waals surface area contributed by atoms with Crippen LogP contribution in [0.3, 0.4) is 0 Å². The van der Waals surface area contributed by atoms with E-state index in [0.717, 1.165) is 0 Å². The van der Waals surface area contributed by atoms with Gasteiger partial charge in [0.25, 0.3) is 0 Å². The monoisotopic (exact) mass is 220 g/mol. The Bertz CT molecular complexity index is 437. The Hall–Kier alpha value is -2.06. The molecule has 0 aliphatic carbocycles. The van der Waals surface area contributed by atoms with E-state index in [9.17, 15) is 9.90 Å². The van der Waals surface area contributed by atoms with Crippen LogP contribution in [0.5, 0.6) is 5.75 Å². The molecule has 1 aromatic carbocycles. The first-order valence-electron chi connectivity index (χ1n) is 4.64. The first-order valence-corrected chi connectivity index (χ1v) is 4.64. The summed E-state index contributed by atoms with van der Waals surface area (Å²) < 4.78 is 4.47. The highest BCUT2D eigenvalue weighted by Gasteiger charge is 2.16. The topological polar surface area (TPSA) is 96.3 Å². The number of carbonyl (C=O) groups excluding carboxylic acids is 1. The molecule has 1 aromatic rings. The van der Waals surface area contributed by atoms with Crippen molar-refractivity contribution < 1.29 is 14.6 Å². The lowest BCUT2D eigenvalue weighted by Crippen LogP contribution is -2.33. The van der Waals surface area contributed by atoms with E-state index in [2.05, 4.69) is 4.74 Å². The lowest BCUT2D eigenvalue weighted by Gasteiger charge is -2.10. The highest BCUT2D eigenvalue weighted by molar-refractivity contribution is 5.75. The predicted octanol–water partition coefficient (Wildman–Crippen LogP) is 0.307. The van der Waals surface area contributed by atoms with E-state index in [1.54, 1.807) is 0 Å². The molecular weight excluding hydrogens is 208 g/mol. The van der Waals surface area contributed by atoms with Crippen molar-refractivity contribution >= 4 is 5.97 Å². The van der Waals surface area contributed by atoms with Crippen LogP contribution < -0.4 is 5.73 Å². The van der Waals surface area contributed by atoms with E-state index in [0.29, 0.717) is 11.1 Å². The summed E-state index contributed by atoms with van der Waals surface area (Å²) in [5, 5.41) is 18.2. The highest BCUT2D eigenvalue weighted by Crippen LogP contribution is 2.19. The lowest BCUT2D eigenvalue weighted by atomic mass is 10.0. The van der Waals surface area contributed by atoms with Crippen molar-refractivity contribution in [3.8, 4) is 11.8 Å². The third-order valence-electron chi connectivity index (χ3n) is 2.15. The summed E-state index contributed by atoms with van der Waals surface area (Å²) in [5.41, 5.74) is 6.41. The molecule has 5 heteroatoms. The first kappa shape index (κ1) is 12.0. The average molecular weight is 220 g/mol. The molecule has 84 valence electrons. The number of methoxy groups -OCH3 is 1. The van der Waals surface area contributed by atoms with Crippen LogP contribution in [0.15, 0.2) is 18.2 Å². The van der Waals surface area contributed by atoms with Gasteiger partial charge in [0.2, 0.25) is 0 Å². The molecule has 0 saturated carbocycles. The van der Waals surface area contributed by atoms with Gasteiger partial charge in [-0.15, -0.1) is 0 Å². The molecule has 0 radical (unpaired) electrons. The number of nitrogens with two attached hydrogens (primary N) is 1. The number of nitriles is 1. The second kappa shape index (κ2) is 5.14. The van der Waals surface area contributed by atoms with E-state index in [1.165, 1.54) is 25.3 Å². The van der Waals surface area contributed by atoms with E-state index < -0.39 is 12.0 Å². The third-order valence-corrected chi connectivity index (χ3v) is 2.15. The predicted molar refractivity (Wildman–Crippen MR) is 56.5 cm³/mol. The standard InChI is InChI=1S/C11H12N2O3/c1-16-11(15)9(13)5-8-4-7(6-12)2-3-10(8)14/h2-4,9,14H,5,13H2,1H3/t9-/m1/s1. The molecule has 0 fully saturated rings. The maximum absolute atomic E-state index is 11.1. The molecule has 1 rings (SSSR count). The molecule has 0 aliphatic rings. The van der Waals surface area contributed by atoms with Crippen molar-refractivity contribution in [2.24, 2.45) is 5.73 Å². The summed E-state index contributed by atoms with van der Waals surface area (Å²) in [6.07, 6.45) is 0.133. The van der Waals surface area contributed by atoms with Gasteiger partial charge >= 0.3 is 5.97 Å². The van der Waals surface area contributed by atoms with Crippen LogP contribution in [-0.4, -0.2) is 24.2 Å². The minimum Gasteiger partial charge on any atom is -0.508 e. The fraction of sp³-hybridized carbons (Fsp3) is 0.273. The number of carbonyl (C=O) groups is 1. The zero-order valence-electron chi connectivity index (χ0n) is 8.80. The number of nitrogens with zero attached hydrogens (tertiary/aromatic N) is 1. The minimum absolute atomic E-state index is 0.0124. The van der Waals surface area contributed by atoms with Crippen molar-refractivity contribution in [2.45, 2.75) is 12.5 Å².